The molecule has 0 radical (unpaired) electrons. The van der Waals surface area contributed by atoms with E-state index >= 15 is 0 Å². The van der Waals surface area contributed by atoms with E-state index in [1.807, 2.05) is 0 Å². The first kappa shape index (κ1) is 11.6. The van der Waals surface area contributed by atoms with Crippen molar-refractivity contribution in [2.24, 2.45) is 0 Å². The number of anilines is 1. The Balaban J connectivity index is 1.97. The largest absolute Gasteiger partial charge is 0.332 e. The number of pyridine rings is 1. The molecule has 6 heteroatoms. The van der Waals surface area contributed by atoms with Crippen molar-refractivity contribution in [2.45, 2.75) is 25.3 Å². The van der Waals surface area contributed by atoms with Gasteiger partial charge in [0.25, 0.3) is 5.91 Å². The molecule has 0 aromatic carbocycles. The molecule has 0 bridgehead atoms. The van der Waals surface area contributed by atoms with Gasteiger partial charge >= 0.3 is 6.03 Å². The van der Waals surface area contributed by atoms with E-state index in [-0.39, 0.29) is 18.0 Å². The number of urea groups is 1. The van der Waals surface area contributed by atoms with Gasteiger partial charge in [0.05, 0.1) is 11.9 Å². The molecule has 2 saturated heterocycles. The lowest BCUT2D eigenvalue weighted by atomic mass is 10.0. The third kappa shape index (κ3) is 1.71. The van der Waals surface area contributed by atoms with Gasteiger partial charge in [0.1, 0.15) is 6.04 Å². The van der Waals surface area contributed by atoms with E-state index in [2.05, 4.69) is 20.9 Å². The SMILES string of the molecule is O=C1[C@@H]2CCCCN2C(=O)N1c1cncc(Br)c1. The van der Waals surface area contributed by atoms with Crippen LogP contribution in [0.25, 0.3) is 0 Å². The van der Waals surface area contributed by atoms with Crippen LogP contribution in [0.1, 0.15) is 19.3 Å². The molecule has 0 N–H and O–H groups in total. The number of halogens is 1. The van der Waals surface area contributed by atoms with E-state index in [1.165, 1.54) is 4.90 Å². The fourth-order valence-corrected chi connectivity index (χ4v) is 2.90. The van der Waals surface area contributed by atoms with Crippen molar-refractivity contribution in [3.63, 3.8) is 0 Å². The molecule has 2 fully saturated rings. The Morgan fingerprint density at radius 1 is 1.28 bits per heavy atom. The summed E-state index contributed by atoms with van der Waals surface area (Å²) < 4.78 is 0.755. The van der Waals surface area contributed by atoms with Gasteiger partial charge in [-0.2, -0.15) is 0 Å². The maximum atomic E-state index is 12.3. The molecule has 2 aliphatic rings. The zero-order valence-electron chi connectivity index (χ0n) is 9.67. The molecule has 18 heavy (non-hydrogen) atoms. The van der Waals surface area contributed by atoms with Crippen molar-refractivity contribution in [2.75, 3.05) is 11.4 Å². The fraction of sp³-hybridized carbons (Fsp3) is 0.417. The summed E-state index contributed by atoms with van der Waals surface area (Å²) in [6.07, 6.45) is 5.91. The molecule has 94 valence electrons. The first-order valence-corrected chi connectivity index (χ1v) is 6.73. The Hall–Kier alpha value is -1.43. The van der Waals surface area contributed by atoms with Crippen LogP contribution in [0, 0.1) is 0 Å². The number of piperidine rings is 1. The lowest BCUT2D eigenvalue weighted by molar-refractivity contribution is -0.120. The molecular weight excluding hydrogens is 298 g/mol. The summed E-state index contributed by atoms with van der Waals surface area (Å²) in [6.45, 7) is 0.674. The molecule has 1 aromatic heterocycles. The highest BCUT2D eigenvalue weighted by atomic mass is 79.9. The van der Waals surface area contributed by atoms with E-state index < -0.39 is 0 Å². The molecule has 3 rings (SSSR count). The quantitative estimate of drug-likeness (QED) is 0.747. The number of fused-ring (bicyclic) bond motifs is 1. The number of nitrogens with zero attached hydrogens (tertiary/aromatic N) is 3. The predicted molar refractivity (Wildman–Crippen MR) is 69.2 cm³/mol. The molecule has 0 saturated carbocycles. The highest BCUT2D eigenvalue weighted by Gasteiger charge is 2.46. The number of rotatable bonds is 1. The molecular formula is C12H12BrN3O2. The van der Waals surface area contributed by atoms with E-state index in [1.54, 1.807) is 23.4 Å². The molecule has 2 aliphatic heterocycles. The number of amides is 3. The summed E-state index contributed by atoms with van der Waals surface area (Å²) in [4.78, 5) is 31.5. The van der Waals surface area contributed by atoms with Crippen molar-refractivity contribution in [3.05, 3.63) is 22.9 Å². The van der Waals surface area contributed by atoms with Crippen LogP contribution in [0.4, 0.5) is 10.5 Å². The first-order valence-electron chi connectivity index (χ1n) is 5.93. The van der Waals surface area contributed by atoms with Crippen molar-refractivity contribution in [3.8, 4) is 0 Å². The van der Waals surface area contributed by atoms with Crippen LogP contribution in [0.5, 0.6) is 0 Å². The van der Waals surface area contributed by atoms with Crippen LogP contribution in [0.3, 0.4) is 0 Å². The molecule has 0 unspecified atom stereocenters. The van der Waals surface area contributed by atoms with Crippen LogP contribution in [-0.4, -0.2) is 34.4 Å². The predicted octanol–water partition coefficient (Wildman–Crippen LogP) is 2.17. The second-order valence-corrected chi connectivity index (χ2v) is 5.44. The summed E-state index contributed by atoms with van der Waals surface area (Å²) in [7, 11) is 0. The van der Waals surface area contributed by atoms with Crippen LogP contribution < -0.4 is 4.90 Å². The number of imide groups is 1. The average molecular weight is 310 g/mol. The molecule has 1 atom stereocenters. The smallest absolute Gasteiger partial charge is 0.312 e. The summed E-state index contributed by atoms with van der Waals surface area (Å²) in [5, 5.41) is 0. The number of carbonyl (C=O) groups is 2. The van der Waals surface area contributed by atoms with Gasteiger partial charge in [0.2, 0.25) is 0 Å². The maximum Gasteiger partial charge on any atom is 0.332 e. The average Bonchev–Trinajstić information content (AvgIpc) is 2.63. The topological polar surface area (TPSA) is 53.5 Å². The number of aromatic nitrogens is 1. The van der Waals surface area contributed by atoms with Gasteiger partial charge < -0.3 is 4.90 Å². The lowest BCUT2D eigenvalue weighted by Crippen LogP contribution is -2.39. The summed E-state index contributed by atoms with van der Waals surface area (Å²) >= 11 is 3.30. The highest BCUT2D eigenvalue weighted by Crippen LogP contribution is 2.31. The number of hydrogen-bond donors (Lipinski definition) is 0. The van der Waals surface area contributed by atoms with E-state index in [9.17, 15) is 9.59 Å². The van der Waals surface area contributed by atoms with Gasteiger partial charge in [-0.25, -0.2) is 9.69 Å². The van der Waals surface area contributed by atoms with Crippen LogP contribution >= 0.6 is 15.9 Å². The maximum absolute atomic E-state index is 12.3. The minimum Gasteiger partial charge on any atom is -0.312 e. The summed E-state index contributed by atoms with van der Waals surface area (Å²) in [6, 6.07) is 1.25. The van der Waals surface area contributed by atoms with Crippen LogP contribution in [0.15, 0.2) is 22.9 Å². The first-order chi connectivity index (χ1) is 8.68. The van der Waals surface area contributed by atoms with E-state index in [0.29, 0.717) is 12.2 Å². The van der Waals surface area contributed by atoms with Gasteiger partial charge in [-0.1, -0.05) is 0 Å². The summed E-state index contributed by atoms with van der Waals surface area (Å²) in [5.41, 5.74) is 0.536. The van der Waals surface area contributed by atoms with Crippen molar-refractivity contribution >= 4 is 33.6 Å². The van der Waals surface area contributed by atoms with Crippen molar-refractivity contribution < 1.29 is 9.59 Å². The minimum atomic E-state index is -0.273. The Morgan fingerprint density at radius 3 is 2.83 bits per heavy atom. The Labute approximate surface area is 113 Å². The Bertz CT molecular complexity index is 496. The Kier molecular flexibility index (Phi) is 2.81. The van der Waals surface area contributed by atoms with Gasteiger partial charge in [-0.3, -0.25) is 9.78 Å². The van der Waals surface area contributed by atoms with Gasteiger partial charge in [0.15, 0.2) is 0 Å². The summed E-state index contributed by atoms with van der Waals surface area (Å²) in [5.74, 6) is -0.125. The third-order valence-electron chi connectivity index (χ3n) is 3.39. The minimum absolute atomic E-state index is 0.125. The number of hydrogen-bond acceptors (Lipinski definition) is 3. The molecule has 5 nitrogen and oxygen atoms in total. The highest BCUT2D eigenvalue weighted by molar-refractivity contribution is 9.10. The van der Waals surface area contributed by atoms with Crippen LogP contribution in [-0.2, 0) is 4.79 Å². The number of carbonyl (C=O) groups excluding carboxylic acids is 2. The molecule has 3 amide bonds. The third-order valence-corrected chi connectivity index (χ3v) is 3.83. The lowest BCUT2D eigenvalue weighted by Gasteiger charge is -2.25. The molecule has 1 aromatic rings. The normalized spacial score (nSPS) is 23.5. The van der Waals surface area contributed by atoms with Gasteiger partial charge in [-0.15, -0.1) is 0 Å². The van der Waals surface area contributed by atoms with Crippen LogP contribution in [0.2, 0.25) is 0 Å². The van der Waals surface area contributed by atoms with Crippen molar-refractivity contribution in [1.29, 1.82) is 0 Å². The van der Waals surface area contributed by atoms with Gasteiger partial charge in [0, 0.05) is 17.2 Å². The molecule has 0 aliphatic carbocycles. The van der Waals surface area contributed by atoms with E-state index in [0.717, 1.165) is 23.7 Å². The fourth-order valence-electron chi connectivity index (χ4n) is 2.55. The second kappa shape index (κ2) is 4.35. The molecule has 3 heterocycles. The monoisotopic (exact) mass is 309 g/mol. The second-order valence-electron chi connectivity index (χ2n) is 4.52. The standard InChI is InChI=1S/C12H12BrN3O2/c13-8-5-9(7-14-6-8)16-11(17)10-3-1-2-4-15(10)12(16)18/h5-7,10H,1-4H2/t10-/m0/s1. The van der Waals surface area contributed by atoms with E-state index in [4.69, 9.17) is 0 Å². The Morgan fingerprint density at radius 2 is 2.11 bits per heavy atom. The zero-order chi connectivity index (χ0) is 12.7. The van der Waals surface area contributed by atoms with Gasteiger partial charge in [-0.05, 0) is 41.3 Å². The molecule has 0 spiro atoms. The van der Waals surface area contributed by atoms with Crippen molar-refractivity contribution in [1.82, 2.24) is 9.88 Å². The zero-order valence-corrected chi connectivity index (χ0v) is 11.3.